The van der Waals surface area contributed by atoms with Crippen LogP contribution in [0.15, 0.2) is 48.0 Å². The fourth-order valence-electron chi connectivity index (χ4n) is 4.36. The number of amides is 1. The zero-order chi connectivity index (χ0) is 19.8. The van der Waals surface area contributed by atoms with Gasteiger partial charge in [-0.1, -0.05) is 62.2 Å². The number of hydrogen-bond acceptors (Lipinski definition) is 1. The van der Waals surface area contributed by atoms with Gasteiger partial charge in [0.1, 0.15) is 0 Å². The summed E-state index contributed by atoms with van der Waals surface area (Å²) in [6.07, 6.45) is 6.68. The molecule has 0 bridgehead atoms. The summed E-state index contributed by atoms with van der Waals surface area (Å²) in [5.41, 5.74) is 10.4. The van der Waals surface area contributed by atoms with Crippen LogP contribution in [-0.4, -0.2) is 5.91 Å². The number of benzene rings is 2. The van der Waals surface area contributed by atoms with Gasteiger partial charge in [-0.25, -0.2) is 0 Å². The second kappa shape index (κ2) is 7.43. The minimum atomic E-state index is 0.0354. The van der Waals surface area contributed by atoms with E-state index in [1.165, 1.54) is 46.2 Å². The lowest BCUT2D eigenvalue weighted by molar-refractivity contribution is -0.110. The molecule has 2 nitrogen and oxygen atoms in total. The smallest absolute Gasteiger partial charge is 0.256 e. The van der Waals surface area contributed by atoms with Gasteiger partial charge in [-0.3, -0.25) is 4.79 Å². The van der Waals surface area contributed by atoms with Gasteiger partial charge >= 0.3 is 0 Å². The molecule has 0 unspecified atom stereocenters. The van der Waals surface area contributed by atoms with Gasteiger partial charge in [0.15, 0.2) is 0 Å². The van der Waals surface area contributed by atoms with Crippen molar-refractivity contribution in [3.8, 4) is 0 Å². The van der Waals surface area contributed by atoms with E-state index in [1.54, 1.807) is 0 Å². The summed E-state index contributed by atoms with van der Waals surface area (Å²) in [7, 11) is 0. The molecule has 1 N–H and O–H groups in total. The molecule has 0 saturated heterocycles. The predicted molar refractivity (Wildman–Crippen MR) is 118 cm³/mol. The van der Waals surface area contributed by atoms with Crippen LogP contribution in [-0.2, 0) is 11.2 Å². The Morgan fingerprint density at radius 1 is 1.04 bits per heavy atom. The van der Waals surface area contributed by atoms with Crippen LogP contribution in [0, 0.1) is 19.8 Å². The summed E-state index contributed by atoms with van der Waals surface area (Å²) in [5, 5.41) is 3.08. The van der Waals surface area contributed by atoms with Gasteiger partial charge in [0.25, 0.3) is 5.91 Å². The Labute approximate surface area is 168 Å². The summed E-state index contributed by atoms with van der Waals surface area (Å²) in [6, 6.07) is 12.9. The van der Waals surface area contributed by atoms with Crippen molar-refractivity contribution in [2.75, 3.05) is 5.32 Å². The summed E-state index contributed by atoms with van der Waals surface area (Å²) in [5.74, 6) is 0.762. The Hall–Kier alpha value is -2.61. The van der Waals surface area contributed by atoms with Crippen LogP contribution in [0.4, 0.5) is 5.69 Å². The quantitative estimate of drug-likeness (QED) is 0.484. The van der Waals surface area contributed by atoms with Crippen molar-refractivity contribution in [1.29, 1.82) is 0 Å². The number of carbonyl (C=O) groups is 1. The van der Waals surface area contributed by atoms with Crippen molar-refractivity contribution >= 4 is 22.7 Å². The SMILES string of the molecule is Cc1ccc2c(c1)NC(=O)C2=C1Cc2ccc(C)cc2C1=CCCCC(C)C. The van der Waals surface area contributed by atoms with Crippen molar-refractivity contribution in [3.63, 3.8) is 0 Å². The first kappa shape index (κ1) is 18.7. The Bertz CT molecular complexity index is 1010. The molecule has 0 saturated carbocycles. The minimum absolute atomic E-state index is 0.0354. The van der Waals surface area contributed by atoms with Gasteiger partial charge in [-0.15, -0.1) is 0 Å². The van der Waals surface area contributed by atoms with E-state index in [0.717, 1.165) is 35.6 Å². The van der Waals surface area contributed by atoms with Crippen molar-refractivity contribution < 1.29 is 4.79 Å². The van der Waals surface area contributed by atoms with Crippen molar-refractivity contribution in [2.45, 2.75) is 53.4 Å². The van der Waals surface area contributed by atoms with Crippen LogP contribution in [0.2, 0.25) is 0 Å². The lowest BCUT2D eigenvalue weighted by atomic mass is 9.94. The molecule has 0 spiro atoms. The molecule has 2 aromatic rings. The molecule has 2 aromatic carbocycles. The third-order valence-electron chi connectivity index (χ3n) is 5.80. The van der Waals surface area contributed by atoms with Crippen LogP contribution in [0.1, 0.15) is 60.9 Å². The van der Waals surface area contributed by atoms with E-state index in [2.05, 4.69) is 75.5 Å². The maximum absolute atomic E-state index is 12.9. The molecule has 0 fully saturated rings. The zero-order valence-corrected chi connectivity index (χ0v) is 17.4. The number of anilines is 1. The summed E-state index contributed by atoms with van der Waals surface area (Å²) in [6.45, 7) is 8.75. The van der Waals surface area contributed by atoms with E-state index in [9.17, 15) is 4.79 Å². The molecule has 1 heterocycles. The topological polar surface area (TPSA) is 29.1 Å². The van der Waals surface area contributed by atoms with Crippen LogP contribution >= 0.6 is 0 Å². The molecule has 28 heavy (non-hydrogen) atoms. The Kier molecular flexibility index (Phi) is 4.97. The molecule has 1 aliphatic heterocycles. The normalized spacial score (nSPS) is 19.3. The monoisotopic (exact) mass is 371 g/mol. The van der Waals surface area contributed by atoms with Crippen molar-refractivity contribution in [3.05, 3.63) is 75.9 Å². The van der Waals surface area contributed by atoms with Gasteiger partial charge < -0.3 is 5.32 Å². The molecule has 1 aliphatic carbocycles. The second-order valence-electron chi connectivity index (χ2n) is 8.64. The maximum atomic E-state index is 12.9. The highest BCUT2D eigenvalue weighted by Crippen LogP contribution is 2.45. The lowest BCUT2D eigenvalue weighted by Gasteiger charge is -2.09. The average Bonchev–Trinajstić information content (AvgIpc) is 3.14. The van der Waals surface area contributed by atoms with Gasteiger partial charge in [0, 0.05) is 11.3 Å². The molecule has 2 aliphatic rings. The predicted octanol–water partition coefficient (Wildman–Crippen LogP) is 6.48. The molecular weight excluding hydrogens is 342 g/mol. The third-order valence-corrected chi connectivity index (χ3v) is 5.80. The number of rotatable bonds is 4. The Balaban J connectivity index is 1.81. The zero-order valence-electron chi connectivity index (χ0n) is 17.4. The molecule has 0 aromatic heterocycles. The van der Waals surface area contributed by atoms with E-state index in [-0.39, 0.29) is 5.91 Å². The standard InChI is InChI=1S/C26H29NO/c1-16(2)7-5-6-8-20-22-13-17(3)9-11-19(22)15-23(20)25-21-12-10-18(4)14-24(21)27-26(25)28/h8-14,16H,5-7,15H2,1-4H3,(H,27,28). The fraction of sp³-hybridized carbons (Fsp3) is 0.346. The molecule has 0 atom stereocenters. The first-order chi connectivity index (χ1) is 13.4. The summed E-state index contributed by atoms with van der Waals surface area (Å²) < 4.78 is 0. The number of aryl methyl sites for hydroxylation is 2. The number of fused-ring (bicyclic) bond motifs is 2. The van der Waals surface area contributed by atoms with Gasteiger partial charge in [-0.2, -0.15) is 0 Å². The van der Waals surface area contributed by atoms with E-state index >= 15 is 0 Å². The summed E-state index contributed by atoms with van der Waals surface area (Å²) in [4.78, 5) is 12.9. The highest BCUT2D eigenvalue weighted by atomic mass is 16.2. The number of unbranched alkanes of at least 4 members (excludes halogenated alkanes) is 1. The van der Waals surface area contributed by atoms with Crippen LogP contribution in [0.25, 0.3) is 11.1 Å². The second-order valence-corrected chi connectivity index (χ2v) is 8.64. The number of hydrogen-bond donors (Lipinski definition) is 1. The Morgan fingerprint density at radius 3 is 2.57 bits per heavy atom. The number of carbonyl (C=O) groups excluding carboxylic acids is 1. The maximum Gasteiger partial charge on any atom is 0.256 e. The van der Waals surface area contributed by atoms with E-state index in [0.29, 0.717) is 0 Å². The highest BCUT2D eigenvalue weighted by molar-refractivity contribution is 6.34. The first-order valence-electron chi connectivity index (χ1n) is 10.4. The van der Waals surface area contributed by atoms with Gasteiger partial charge in [0.05, 0.1) is 5.57 Å². The van der Waals surface area contributed by atoms with Crippen LogP contribution in [0.3, 0.4) is 0 Å². The molecule has 0 radical (unpaired) electrons. The van der Waals surface area contributed by atoms with E-state index in [1.807, 2.05) is 0 Å². The van der Waals surface area contributed by atoms with Crippen LogP contribution < -0.4 is 5.32 Å². The van der Waals surface area contributed by atoms with Gasteiger partial charge in [-0.05, 0) is 72.9 Å². The number of allylic oxidation sites excluding steroid dienone is 3. The van der Waals surface area contributed by atoms with E-state index < -0.39 is 0 Å². The highest BCUT2D eigenvalue weighted by Gasteiger charge is 2.32. The van der Waals surface area contributed by atoms with E-state index in [4.69, 9.17) is 0 Å². The van der Waals surface area contributed by atoms with Crippen LogP contribution in [0.5, 0.6) is 0 Å². The van der Waals surface area contributed by atoms with Gasteiger partial charge in [0.2, 0.25) is 0 Å². The Morgan fingerprint density at radius 2 is 1.79 bits per heavy atom. The minimum Gasteiger partial charge on any atom is -0.321 e. The molecule has 2 heteroatoms. The molecule has 1 amide bonds. The molecule has 144 valence electrons. The third kappa shape index (κ3) is 3.44. The summed E-state index contributed by atoms with van der Waals surface area (Å²) >= 11 is 0. The largest absolute Gasteiger partial charge is 0.321 e. The fourth-order valence-corrected chi connectivity index (χ4v) is 4.36. The van der Waals surface area contributed by atoms with Crippen molar-refractivity contribution in [1.82, 2.24) is 0 Å². The van der Waals surface area contributed by atoms with Crippen molar-refractivity contribution in [2.24, 2.45) is 5.92 Å². The molecular formula is C26H29NO. The lowest BCUT2D eigenvalue weighted by Crippen LogP contribution is -2.06. The number of nitrogens with one attached hydrogen (secondary N) is 1. The average molecular weight is 372 g/mol. The first-order valence-corrected chi connectivity index (χ1v) is 10.4. The molecule has 4 rings (SSSR count).